The molecule has 1 aromatic rings. The maximum absolute atomic E-state index is 12.2. The first kappa shape index (κ1) is 13.4. The molecule has 0 aromatic heterocycles. The van der Waals surface area contributed by atoms with Crippen molar-refractivity contribution >= 4 is 6.29 Å². The summed E-state index contributed by atoms with van der Waals surface area (Å²) in [6, 6.07) is 4.45. The predicted molar refractivity (Wildman–Crippen MR) is 58.7 cm³/mol. The van der Waals surface area contributed by atoms with Crippen LogP contribution in [0.15, 0.2) is 18.2 Å². The van der Waals surface area contributed by atoms with Gasteiger partial charge >= 0.3 is 6.61 Å². The van der Waals surface area contributed by atoms with Crippen LogP contribution >= 0.6 is 0 Å². The highest BCUT2D eigenvalue weighted by Gasteiger charge is 2.15. The van der Waals surface area contributed by atoms with Crippen LogP contribution in [0.3, 0.4) is 0 Å². The maximum Gasteiger partial charge on any atom is 0.387 e. The smallest absolute Gasteiger partial charge is 0.387 e. The van der Waals surface area contributed by atoms with Gasteiger partial charge in [0.2, 0.25) is 0 Å². The van der Waals surface area contributed by atoms with Crippen molar-refractivity contribution in [2.24, 2.45) is 0 Å². The first-order valence-electron chi connectivity index (χ1n) is 5.25. The first-order chi connectivity index (χ1) is 8.08. The Labute approximate surface area is 98.3 Å². The fourth-order valence-corrected chi connectivity index (χ4v) is 1.42. The Kier molecular flexibility index (Phi) is 4.87. The van der Waals surface area contributed by atoms with Crippen molar-refractivity contribution in [1.82, 2.24) is 0 Å². The van der Waals surface area contributed by atoms with Crippen molar-refractivity contribution in [3.05, 3.63) is 23.8 Å². The van der Waals surface area contributed by atoms with Gasteiger partial charge in [0.05, 0.1) is 6.61 Å². The van der Waals surface area contributed by atoms with Crippen molar-refractivity contribution in [1.29, 1.82) is 0 Å². The molecule has 0 radical (unpaired) electrons. The zero-order valence-electron chi connectivity index (χ0n) is 9.65. The van der Waals surface area contributed by atoms with E-state index >= 15 is 0 Å². The van der Waals surface area contributed by atoms with Crippen molar-refractivity contribution in [2.45, 2.75) is 26.4 Å². The average Bonchev–Trinajstić information content (AvgIpc) is 2.30. The zero-order valence-corrected chi connectivity index (χ0v) is 9.65. The van der Waals surface area contributed by atoms with Crippen LogP contribution < -0.4 is 9.47 Å². The van der Waals surface area contributed by atoms with Gasteiger partial charge in [0.25, 0.3) is 0 Å². The molecule has 0 aliphatic heterocycles. The second kappa shape index (κ2) is 6.18. The highest BCUT2D eigenvalue weighted by molar-refractivity contribution is 5.64. The minimum Gasteiger partial charge on any atom is -0.494 e. The van der Waals surface area contributed by atoms with E-state index in [4.69, 9.17) is 4.74 Å². The molecule has 0 amide bonds. The second-order valence-corrected chi connectivity index (χ2v) is 3.44. The lowest BCUT2D eigenvalue weighted by atomic mass is 10.0. The molecule has 5 heteroatoms. The molecule has 0 heterocycles. The van der Waals surface area contributed by atoms with E-state index in [1.54, 1.807) is 13.0 Å². The number of rotatable bonds is 6. The minimum atomic E-state index is -2.91. The van der Waals surface area contributed by atoms with Crippen LogP contribution in [0, 0.1) is 0 Å². The summed E-state index contributed by atoms with van der Waals surface area (Å²) in [6.45, 7) is 0.970. The normalized spacial score (nSPS) is 12.3. The largest absolute Gasteiger partial charge is 0.494 e. The number of ether oxygens (including phenoxy) is 2. The molecular weight excluding hydrogens is 230 g/mol. The third-order valence-corrected chi connectivity index (χ3v) is 2.20. The number of benzene rings is 1. The van der Waals surface area contributed by atoms with Gasteiger partial charge in [-0.15, -0.1) is 0 Å². The Bertz CT molecular complexity index is 380. The van der Waals surface area contributed by atoms with E-state index in [2.05, 4.69) is 4.74 Å². The maximum atomic E-state index is 12.2. The molecule has 0 N–H and O–H groups in total. The highest BCUT2D eigenvalue weighted by atomic mass is 19.3. The molecule has 0 saturated carbocycles. The monoisotopic (exact) mass is 244 g/mol. The van der Waals surface area contributed by atoms with Gasteiger partial charge in [-0.3, -0.25) is 0 Å². The van der Waals surface area contributed by atoms with E-state index in [1.807, 2.05) is 6.92 Å². The number of alkyl halides is 2. The molecule has 1 atom stereocenters. The first-order valence-corrected chi connectivity index (χ1v) is 5.25. The van der Waals surface area contributed by atoms with Gasteiger partial charge in [0, 0.05) is 11.5 Å². The van der Waals surface area contributed by atoms with Crippen LogP contribution in [-0.4, -0.2) is 19.5 Å². The summed E-state index contributed by atoms with van der Waals surface area (Å²) < 4.78 is 33.9. The SMILES string of the molecule is CCOc1ccc(OC(F)F)c(C(C)C=O)c1. The van der Waals surface area contributed by atoms with Crippen LogP contribution in [0.5, 0.6) is 11.5 Å². The van der Waals surface area contributed by atoms with Crippen LogP contribution in [0.1, 0.15) is 25.3 Å². The number of aldehydes is 1. The number of carbonyl (C=O) groups excluding carboxylic acids is 1. The molecule has 0 bridgehead atoms. The molecule has 0 aliphatic rings. The molecule has 94 valence electrons. The lowest BCUT2D eigenvalue weighted by molar-refractivity contribution is -0.108. The summed E-state index contributed by atoms with van der Waals surface area (Å²) in [5.74, 6) is 0.00465. The van der Waals surface area contributed by atoms with Gasteiger partial charge < -0.3 is 14.3 Å². The summed E-state index contributed by atoms with van der Waals surface area (Å²) in [7, 11) is 0. The lowest BCUT2D eigenvalue weighted by Crippen LogP contribution is -2.07. The minimum absolute atomic E-state index is 0.00283. The quantitative estimate of drug-likeness (QED) is 0.721. The van der Waals surface area contributed by atoms with E-state index in [0.29, 0.717) is 24.2 Å². The molecule has 0 fully saturated rings. The fourth-order valence-electron chi connectivity index (χ4n) is 1.42. The van der Waals surface area contributed by atoms with Crippen molar-refractivity contribution in [2.75, 3.05) is 6.61 Å². The van der Waals surface area contributed by atoms with Gasteiger partial charge in [-0.1, -0.05) is 6.92 Å². The predicted octanol–water partition coefficient (Wildman–Crippen LogP) is 2.99. The van der Waals surface area contributed by atoms with Crippen LogP contribution in [0.2, 0.25) is 0 Å². The van der Waals surface area contributed by atoms with Gasteiger partial charge in [-0.2, -0.15) is 8.78 Å². The van der Waals surface area contributed by atoms with E-state index in [1.165, 1.54) is 12.1 Å². The Morgan fingerprint density at radius 3 is 2.65 bits per heavy atom. The summed E-state index contributed by atoms with van der Waals surface area (Å²) >= 11 is 0. The molecule has 3 nitrogen and oxygen atoms in total. The van der Waals surface area contributed by atoms with Crippen LogP contribution in [-0.2, 0) is 4.79 Å². The zero-order chi connectivity index (χ0) is 12.8. The van der Waals surface area contributed by atoms with Gasteiger partial charge in [0.1, 0.15) is 17.8 Å². The molecule has 0 aliphatic carbocycles. The fraction of sp³-hybridized carbons (Fsp3) is 0.417. The van der Waals surface area contributed by atoms with Crippen LogP contribution in [0.4, 0.5) is 8.78 Å². The molecule has 0 saturated heterocycles. The number of carbonyl (C=O) groups is 1. The number of hydrogen-bond acceptors (Lipinski definition) is 3. The third kappa shape index (κ3) is 3.69. The summed E-state index contributed by atoms with van der Waals surface area (Å²) in [6.07, 6.45) is 0.670. The van der Waals surface area contributed by atoms with Gasteiger partial charge in [0.15, 0.2) is 0 Å². The number of hydrogen-bond donors (Lipinski definition) is 0. The van der Waals surface area contributed by atoms with Crippen molar-refractivity contribution < 1.29 is 23.0 Å². The van der Waals surface area contributed by atoms with Crippen molar-refractivity contribution in [3.63, 3.8) is 0 Å². The summed E-state index contributed by atoms with van der Waals surface area (Å²) in [5, 5.41) is 0. The van der Waals surface area contributed by atoms with E-state index in [0.717, 1.165) is 0 Å². The Morgan fingerprint density at radius 2 is 2.12 bits per heavy atom. The summed E-state index contributed by atoms with van der Waals surface area (Å²) in [4.78, 5) is 10.7. The Hall–Kier alpha value is -1.65. The molecule has 1 unspecified atom stereocenters. The standard InChI is InChI=1S/C12H14F2O3/c1-3-16-9-4-5-11(17-12(13)14)10(6-9)8(2)7-15/h4-8,12H,3H2,1-2H3. The molecular formula is C12H14F2O3. The second-order valence-electron chi connectivity index (χ2n) is 3.44. The Morgan fingerprint density at radius 1 is 1.41 bits per heavy atom. The van der Waals surface area contributed by atoms with Crippen molar-refractivity contribution in [3.8, 4) is 11.5 Å². The lowest BCUT2D eigenvalue weighted by Gasteiger charge is -2.14. The average molecular weight is 244 g/mol. The summed E-state index contributed by atoms with van der Waals surface area (Å²) in [5.41, 5.74) is 0.395. The topological polar surface area (TPSA) is 35.5 Å². The van der Waals surface area contributed by atoms with Gasteiger partial charge in [-0.25, -0.2) is 0 Å². The van der Waals surface area contributed by atoms with E-state index < -0.39 is 12.5 Å². The van der Waals surface area contributed by atoms with E-state index in [9.17, 15) is 13.6 Å². The molecule has 0 spiro atoms. The van der Waals surface area contributed by atoms with Crippen LogP contribution in [0.25, 0.3) is 0 Å². The molecule has 1 rings (SSSR count). The number of halogens is 2. The third-order valence-electron chi connectivity index (χ3n) is 2.20. The highest BCUT2D eigenvalue weighted by Crippen LogP contribution is 2.30. The Balaban J connectivity index is 3.06. The van der Waals surface area contributed by atoms with E-state index in [-0.39, 0.29) is 5.75 Å². The van der Waals surface area contributed by atoms with Gasteiger partial charge in [-0.05, 0) is 25.1 Å². The molecule has 17 heavy (non-hydrogen) atoms. The molecule has 1 aromatic carbocycles.